The lowest BCUT2D eigenvalue weighted by Crippen LogP contribution is -2.24. The molecule has 2 nitrogen and oxygen atoms in total. The molecule has 0 bridgehead atoms. The highest BCUT2D eigenvalue weighted by Gasteiger charge is 2.11. The van der Waals surface area contributed by atoms with Crippen molar-refractivity contribution in [2.24, 2.45) is 0 Å². The van der Waals surface area contributed by atoms with Crippen LogP contribution in [0.4, 0.5) is 4.39 Å². The molecule has 3 heteroatoms. The molecule has 104 valence electrons. The summed E-state index contributed by atoms with van der Waals surface area (Å²) in [6.07, 6.45) is 0.401. The van der Waals surface area contributed by atoms with Gasteiger partial charge in [0.2, 0.25) is 5.91 Å². The fourth-order valence-corrected chi connectivity index (χ4v) is 2.06. The van der Waals surface area contributed by atoms with Gasteiger partial charge in [-0.05, 0) is 29.2 Å². The van der Waals surface area contributed by atoms with E-state index in [1.165, 1.54) is 12.1 Å². The SMILES string of the molecule is CC(CC(=O)NCc1ccccc1)c1ccc(F)cc1. The van der Waals surface area contributed by atoms with Crippen LogP contribution >= 0.6 is 0 Å². The number of carbonyl (C=O) groups excluding carboxylic acids is 1. The molecular weight excluding hydrogens is 253 g/mol. The summed E-state index contributed by atoms with van der Waals surface area (Å²) >= 11 is 0. The number of rotatable bonds is 5. The molecule has 2 aromatic carbocycles. The average molecular weight is 271 g/mol. The molecule has 0 aliphatic carbocycles. The maximum absolute atomic E-state index is 12.8. The molecular formula is C17H18FNO. The predicted molar refractivity (Wildman–Crippen MR) is 77.7 cm³/mol. The van der Waals surface area contributed by atoms with E-state index in [-0.39, 0.29) is 17.6 Å². The zero-order chi connectivity index (χ0) is 14.4. The van der Waals surface area contributed by atoms with Crippen LogP contribution < -0.4 is 5.32 Å². The van der Waals surface area contributed by atoms with Crippen molar-refractivity contribution in [1.82, 2.24) is 5.32 Å². The number of hydrogen-bond acceptors (Lipinski definition) is 1. The quantitative estimate of drug-likeness (QED) is 0.884. The molecule has 0 aliphatic rings. The Morgan fingerprint density at radius 2 is 1.75 bits per heavy atom. The van der Waals surface area contributed by atoms with Gasteiger partial charge in [-0.3, -0.25) is 4.79 Å². The molecule has 1 N–H and O–H groups in total. The minimum Gasteiger partial charge on any atom is -0.352 e. The molecule has 0 spiro atoms. The Bertz CT molecular complexity index is 551. The van der Waals surface area contributed by atoms with Crippen LogP contribution in [-0.2, 0) is 11.3 Å². The lowest BCUT2D eigenvalue weighted by Gasteiger charge is -2.12. The molecule has 0 saturated carbocycles. The van der Waals surface area contributed by atoms with Gasteiger partial charge in [0.05, 0.1) is 0 Å². The van der Waals surface area contributed by atoms with E-state index in [0.717, 1.165) is 11.1 Å². The summed E-state index contributed by atoms with van der Waals surface area (Å²) in [7, 11) is 0. The second kappa shape index (κ2) is 6.85. The highest BCUT2D eigenvalue weighted by atomic mass is 19.1. The number of halogens is 1. The molecule has 1 atom stereocenters. The van der Waals surface area contributed by atoms with E-state index in [2.05, 4.69) is 5.32 Å². The number of amides is 1. The average Bonchev–Trinajstić information content (AvgIpc) is 2.47. The normalized spacial score (nSPS) is 11.9. The summed E-state index contributed by atoms with van der Waals surface area (Å²) in [4.78, 5) is 11.9. The number of benzene rings is 2. The van der Waals surface area contributed by atoms with Crippen molar-refractivity contribution < 1.29 is 9.18 Å². The highest BCUT2D eigenvalue weighted by molar-refractivity contribution is 5.76. The van der Waals surface area contributed by atoms with E-state index in [0.29, 0.717) is 13.0 Å². The van der Waals surface area contributed by atoms with E-state index < -0.39 is 0 Å². The van der Waals surface area contributed by atoms with Gasteiger partial charge in [-0.2, -0.15) is 0 Å². The highest BCUT2D eigenvalue weighted by Crippen LogP contribution is 2.19. The summed E-state index contributed by atoms with van der Waals surface area (Å²) < 4.78 is 12.8. The molecule has 0 fully saturated rings. The molecule has 2 aromatic rings. The monoisotopic (exact) mass is 271 g/mol. The second-order valence-electron chi connectivity index (χ2n) is 4.92. The zero-order valence-corrected chi connectivity index (χ0v) is 11.5. The van der Waals surface area contributed by atoms with Crippen LogP contribution in [0, 0.1) is 5.82 Å². The van der Waals surface area contributed by atoms with Gasteiger partial charge >= 0.3 is 0 Å². The summed E-state index contributed by atoms with van der Waals surface area (Å²) in [6.45, 7) is 2.51. The Morgan fingerprint density at radius 3 is 2.40 bits per heavy atom. The van der Waals surface area contributed by atoms with Crippen LogP contribution in [0.2, 0.25) is 0 Å². The Kier molecular flexibility index (Phi) is 4.88. The minimum atomic E-state index is -0.255. The summed E-state index contributed by atoms with van der Waals surface area (Å²) in [5.41, 5.74) is 2.05. The summed E-state index contributed by atoms with van der Waals surface area (Å²) in [5, 5.41) is 2.90. The third-order valence-corrected chi connectivity index (χ3v) is 3.26. The summed E-state index contributed by atoms with van der Waals surface area (Å²) in [6, 6.07) is 16.1. The molecule has 20 heavy (non-hydrogen) atoms. The third-order valence-electron chi connectivity index (χ3n) is 3.26. The van der Waals surface area contributed by atoms with E-state index in [1.54, 1.807) is 12.1 Å². The first-order valence-corrected chi connectivity index (χ1v) is 6.71. The molecule has 1 unspecified atom stereocenters. The van der Waals surface area contributed by atoms with Crippen molar-refractivity contribution >= 4 is 5.91 Å². The molecule has 1 amide bonds. The fraction of sp³-hybridized carbons (Fsp3) is 0.235. The number of nitrogens with one attached hydrogen (secondary N) is 1. The van der Waals surface area contributed by atoms with Crippen molar-refractivity contribution in [3.05, 3.63) is 71.5 Å². The van der Waals surface area contributed by atoms with E-state index in [9.17, 15) is 9.18 Å². The minimum absolute atomic E-state index is 0.00526. The smallest absolute Gasteiger partial charge is 0.220 e. The maximum atomic E-state index is 12.8. The Balaban J connectivity index is 1.83. The van der Waals surface area contributed by atoms with E-state index in [4.69, 9.17) is 0 Å². The molecule has 2 rings (SSSR count). The van der Waals surface area contributed by atoms with Crippen molar-refractivity contribution in [3.63, 3.8) is 0 Å². The maximum Gasteiger partial charge on any atom is 0.220 e. The van der Waals surface area contributed by atoms with Crippen molar-refractivity contribution in [2.75, 3.05) is 0 Å². The van der Waals surface area contributed by atoms with Crippen molar-refractivity contribution in [3.8, 4) is 0 Å². The molecule has 0 aromatic heterocycles. The first-order chi connectivity index (χ1) is 9.65. The van der Waals surface area contributed by atoms with Crippen LogP contribution in [-0.4, -0.2) is 5.91 Å². The van der Waals surface area contributed by atoms with Crippen LogP contribution in [0.3, 0.4) is 0 Å². The van der Waals surface area contributed by atoms with Gasteiger partial charge in [0, 0.05) is 13.0 Å². The first kappa shape index (κ1) is 14.3. The molecule has 0 aliphatic heterocycles. The second-order valence-corrected chi connectivity index (χ2v) is 4.92. The van der Waals surface area contributed by atoms with Gasteiger partial charge in [-0.25, -0.2) is 4.39 Å². The lowest BCUT2D eigenvalue weighted by atomic mass is 9.97. The zero-order valence-electron chi connectivity index (χ0n) is 11.5. The Morgan fingerprint density at radius 1 is 1.10 bits per heavy atom. The third kappa shape index (κ3) is 4.19. The van der Waals surface area contributed by atoms with Crippen molar-refractivity contribution in [1.29, 1.82) is 0 Å². The van der Waals surface area contributed by atoms with Crippen LogP contribution in [0.15, 0.2) is 54.6 Å². The van der Waals surface area contributed by atoms with Gasteiger partial charge in [0.15, 0.2) is 0 Å². The standard InChI is InChI=1S/C17H18FNO/c1-13(15-7-9-16(18)10-8-15)11-17(20)19-12-14-5-3-2-4-6-14/h2-10,13H,11-12H2,1H3,(H,19,20). The van der Waals surface area contributed by atoms with Gasteiger partial charge in [-0.1, -0.05) is 49.4 Å². The largest absolute Gasteiger partial charge is 0.352 e. The van der Waals surface area contributed by atoms with Crippen molar-refractivity contribution in [2.45, 2.75) is 25.8 Å². The number of carbonyl (C=O) groups is 1. The summed E-state index contributed by atoms with van der Waals surface area (Å²) in [5.74, 6) is -0.175. The molecule has 0 heterocycles. The lowest BCUT2D eigenvalue weighted by molar-refractivity contribution is -0.121. The Hall–Kier alpha value is -2.16. The van der Waals surface area contributed by atoms with Gasteiger partial charge in [0.1, 0.15) is 5.82 Å². The predicted octanol–water partition coefficient (Wildman–Crippen LogP) is 3.64. The molecule has 0 radical (unpaired) electrons. The van der Waals surface area contributed by atoms with Crippen LogP contribution in [0.5, 0.6) is 0 Å². The van der Waals surface area contributed by atoms with Crippen LogP contribution in [0.1, 0.15) is 30.4 Å². The van der Waals surface area contributed by atoms with Crippen LogP contribution in [0.25, 0.3) is 0 Å². The molecule has 0 saturated heterocycles. The van der Waals surface area contributed by atoms with Gasteiger partial charge in [0.25, 0.3) is 0 Å². The van der Waals surface area contributed by atoms with E-state index >= 15 is 0 Å². The van der Waals surface area contributed by atoms with Gasteiger partial charge in [-0.15, -0.1) is 0 Å². The topological polar surface area (TPSA) is 29.1 Å². The Labute approximate surface area is 118 Å². The fourth-order valence-electron chi connectivity index (χ4n) is 2.06. The number of hydrogen-bond donors (Lipinski definition) is 1. The van der Waals surface area contributed by atoms with E-state index in [1.807, 2.05) is 37.3 Å². The first-order valence-electron chi connectivity index (χ1n) is 6.71. The van der Waals surface area contributed by atoms with Gasteiger partial charge < -0.3 is 5.32 Å².